The van der Waals surface area contributed by atoms with E-state index in [1.165, 1.54) is 12.1 Å². The van der Waals surface area contributed by atoms with Crippen LogP contribution in [0.1, 0.15) is 17.3 Å². The van der Waals surface area contributed by atoms with Crippen molar-refractivity contribution in [1.29, 1.82) is 0 Å². The maximum atomic E-state index is 13.5. The largest absolute Gasteiger partial charge is 0.395 e. The number of hydrogen-bond acceptors (Lipinski definition) is 3. The Morgan fingerprint density at radius 3 is 2.83 bits per heavy atom. The average molecular weight is 327 g/mol. The van der Waals surface area contributed by atoms with Gasteiger partial charge >= 0.3 is 0 Å². The van der Waals surface area contributed by atoms with E-state index in [0.29, 0.717) is 23.4 Å². The van der Waals surface area contributed by atoms with E-state index in [1.807, 2.05) is 6.92 Å². The topological polar surface area (TPSA) is 69.2 Å². The van der Waals surface area contributed by atoms with Gasteiger partial charge in [-0.15, -0.1) is 0 Å². The predicted molar refractivity (Wildman–Crippen MR) is 90.2 cm³/mol. The zero-order valence-corrected chi connectivity index (χ0v) is 13.3. The van der Waals surface area contributed by atoms with Gasteiger partial charge in [0, 0.05) is 29.6 Å². The van der Waals surface area contributed by atoms with Gasteiger partial charge in [-0.25, -0.2) is 4.39 Å². The molecule has 0 saturated carbocycles. The number of fused-ring (bicyclic) bond motifs is 1. The summed E-state index contributed by atoms with van der Waals surface area (Å²) in [5, 5.41) is 17.0. The first-order valence-corrected chi connectivity index (χ1v) is 7.78. The van der Waals surface area contributed by atoms with E-state index >= 15 is 0 Å². The van der Waals surface area contributed by atoms with Crippen molar-refractivity contribution < 1.29 is 14.3 Å². The second-order valence-corrected chi connectivity index (χ2v) is 5.45. The summed E-state index contributed by atoms with van der Waals surface area (Å²) in [6.07, 6.45) is 0. The molecule has 2 N–H and O–H groups in total. The molecular formula is C18H18FN3O2. The van der Waals surface area contributed by atoms with E-state index in [2.05, 4.69) is 10.2 Å². The molecule has 124 valence electrons. The summed E-state index contributed by atoms with van der Waals surface area (Å²) < 4.78 is 13.5. The van der Waals surface area contributed by atoms with E-state index < -0.39 is 0 Å². The highest BCUT2D eigenvalue weighted by Crippen LogP contribution is 2.27. The Kier molecular flexibility index (Phi) is 4.57. The van der Waals surface area contributed by atoms with Gasteiger partial charge in [-0.05, 0) is 37.3 Å². The fraction of sp³-hybridized carbons (Fsp3) is 0.222. The van der Waals surface area contributed by atoms with Crippen LogP contribution >= 0.6 is 0 Å². The fourth-order valence-electron chi connectivity index (χ4n) is 2.71. The maximum Gasteiger partial charge on any atom is 0.253 e. The van der Waals surface area contributed by atoms with Crippen LogP contribution in [0.5, 0.6) is 0 Å². The van der Waals surface area contributed by atoms with E-state index in [9.17, 15) is 9.18 Å². The summed E-state index contributed by atoms with van der Waals surface area (Å²) >= 11 is 0. The number of carbonyl (C=O) groups excluding carboxylic acids is 1. The molecule has 3 rings (SSSR count). The zero-order chi connectivity index (χ0) is 17.1. The molecule has 0 aliphatic rings. The van der Waals surface area contributed by atoms with Crippen LogP contribution in [0.15, 0.2) is 42.5 Å². The molecule has 5 nitrogen and oxygen atoms in total. The molecule has 0 bridgehead atoms. The Morgan fingerprint density at radius 2 is 2.12 bits per heavy atom. The zero-order valence-electron chi connectivity index (χ0n) is 13.3. The van der Waals surface area contributed by atoms with Crippen molar-refractivity contribution in [2.45, 2.75) is 6.92 Å². The van der Waals surface area contributed by atoms with Gasteiger partial charge in [-0.2, -0.15) is 5.10 Å². The number of rotatable bonds is 5. The number of amides is 1. The van der Waals surface area contributed by atoms with Crippen molar-refractivity contribution >= 4 is 16.8 Å². The van der Waals surface area contributed by atoms with Crippen molar-refractivity contribution in [3.8, 4) is 11.3 Å². The number of likely N-dealkylation sites (N-methyl/N-ethyl adjacent to an activating group) is 1. The van der Waals surface area contributed by atoms with Crippen molar-refractivity contribution in [1.82, 2.24) is 15.1 Å². The highest BCUT2D eigenvalue weighted by Gasteiger charge is 2.16. The lowest BCUT2D eigenvalue weighted by molar-refractivity contribution is 0.0732. The molecule has 0 saturated heterocycles. The third-order valence-corrected chi connectivity index (χ3v) is 3.95. The maximum absolute atomic E-state index is 13.5. The average Bonchev–Trinajstić information content (AvgIpc) is 3.02. The van der Waals surface area contributed by atoms with Gasteiger partial charge in [0.2, 0.25) is 0 Å². The number of nitrogens with zero attached hydrogens (tertiary/aromatic N) is 2. The van der Waals surface area contributed by atoms with Crippen molar-refractivity contribution in [2.24, 2.45) is 0 Å². The second kappa shape index (κ2) is 6.80. The molecule has 6 heteroatoms. The van der Waals surface area contributed by atoms with Gasteiger partial charge in [-0.1, -0.05) is 12.1 Å². The summed E-state index contributed by atoms with van der Waals surface area (Å²) in [6, 6.07) is 11.4. The molecular weight excluding hydrogens is 309 g/mol. The van der Waals surface area contributed by atoms with Crippen molar-refractivity contribution in [3.05, 3.63) is 53.8 Å². The minimum Gasteiger partial charge on any atom is -0.395 e. The monoisotopic (exact) mass is 327 g/mol. The third kappa shape index (κ3) is 3.00. The Balaban J connectivity index is 2.04. The summed E-state index contributed by atoms with van der Waals surface area (Å²) in [7, 11) is 0. The van der Waals surface area contributed by atoms with Gasteiger partial charge in [0.25, 0.3) is 5.91 Å². The number of nitrogens with one attached hydrogen (secondary N) is 1. The number of carbonyl (C=O) groups is 1. The van der Waals surface area contributed by atoms with E-state index in [0.717, 1.165) is 10.9 Å². The predicted octanol–water partition coefficient (Wildman–Crippen LogP) is 2.82. The first kappa shape index (κ1) is 16.1. The Hall–Kier alpha value is -2.73. The number of halogens is 1. The van der Waals surface area contributed by atoms with Crippen LogP contribution in [-0.4, -0.2) is 45.8 Å². The first-order chi connectivity index (χ1) is 11.6. The molecule has 0 radical (unpaired) electrons. The number of H-pyrrole nitrogens is 1. The molecule has 0 aliphatic heterocycles. The minimum atomic E-state index is -0.337. The number of aromatic nitrogens is 2. The SMILES string of the molecule is CCN(CCO)C(=O)c1ccc2[nH]nc(-c3cccc(F)c3)c2c1. The molecule has 0 spiro atoms. The number of benzene rings is 2. The van der Waals surface area contributed by atoms with Gasteiger partial charge in [-0.3, -0.25) is 9.89 Å². The van der Waals surface area contributed by atoms with Crippen molar-refractivity contribution in [3.63, 3.8) is 0 Å². The third-order valence-electron chi connectivity index (χ3n) is 3.95. The minimum absolute atomic E-state index is 0.0813. The molecule has 0 atom stereocenters. The fourth-order valence-corrected chi connectivity index (χ4v) is 2.71. The van der Waals surface area contributed by atoms with Crippen molar-refractivity contribution in [2.75, 3.05) is 19.7 Å². The Bertz CT molecular complexity index is 876. The van der Waals surface area contributed by atoms with Gasteiger partial charge in [0.15, 0.2) is 0 Å². The molecule has 0 unspecified atom stereocenters. The number of aliphatic hydroxyl groups is 1. The molecule has 0 aliphatic carbocycles. The molecule has 1 aromatic heterocycles. The Labute approximate surface area is 138 Å². The van der Waals surface area contributed by atoms with Crippen LogP contribution in [0.25, 0.3) is 22.2 Å². The number of aliphatic hydroxyl groups excluding tert-OH is 1. The van der Waals surface area contributed by atoms with Gasteiger partial charge in [0.05, 0.1) is 12.1 Å². The van der Waals surface area contributed by atoms with Gasteiger partial charge < -0.3 is 10.0 Å². The second-order valence-electron chi connectivity index (χ2n) is 5.45. The first-order valence-electron chi connectivity index (χ1n) is 7.78. The summed E-state index contributed by atoms with van der Waals surface area (Å²) in [6.45, 7) is 2.58. The lowest BCUT2D eigenvalue weighted by Crippen LogP contribution is -2.33. The standard InChI is InChI=1S/C18H18FN3O2/c1-2-22(8-9-23)18(24)13-6-7-16-15(11-13)17(21-20-16)12-4-3-5-14(19)10-12/h3-7,10-11,23H,2,8-9H2,1H3,(H,20,21). The quantitative estimate of drug-likeness (QED) is 0.757. The summed E-state index contributed by atoms with van der Waals surface area (Å²) in [5.41, 5.74) is 2.53. The summed E-state index contributed by atoms with van der Waals surface area (Å²) in [5.74, 6) is -0.490. The van der Waals surface area contributed by atoms with E-state index in [-0.39, 0.29) is 24.9 Å². The number of hydrogen-bond donors (Lipinski definition) is 2. The molecule has 0 fully saturated rings. The molecule has 2 aromatic carbocycles. The van der Waals surface area contributed by atoms with Crippen LogP contribution in [0.4, 0.5) is 4.39 Å². The van der Waals surface area contributed by atoms with E-state index in [1.54, 1.807) is 35.2 Å². The molecule has 24 heavy (non-hydrogen) atoms. The van der Waals surface area contributed by atoms with Crippen LogP contribution in [0.3, 0.4) is 0 Å². The molecule has 1 amide bonds. The molecule has 1 heterocycles. The lowest BCUT2D eigenvalue weighted by Gasteiger charge is -2.19. The van der Waals surface area contributed by atoms with Crippen LogP contribution in [0.2, 0.25) is 0 Å². The Morgan fingerprint density at radius 1 is 1.29 bits per heavy atom. The molecule has 3 aromatic rings. The van der Waals surface area contributed by atoms with Crippen LogP contribution in [-0.2, 0) is 0 Å². The van der Waals surface area contributed by atoms with Crippen LogP contribution < -0.4 is 0 Å². The lowest BCUT2D eigenvalue weighted by atomic mass is 10.0. The highest BCUT2D eigenvalue weighted by atomic mass is 19.1. The van der Waals surface area contributed by atoms with E-state index in [4.69, 9.17) is 5.11 Å². The smallest absolute Gasteiger partial charge is 0.253 e. The number of aromatic amines is 1. The van der Waals surface area contributed by atoms with Gasteiger partial charge in [0.1, 0.15) is 11.5 Å². The normalized spacial score (nSPS) is 11.0. The van der Waals surface area contributed by atoms with Crippen LogP contribution in [0, 0.1) is 5.82 Å². The summed E-state index contributed by atoms with van der Waals surface area (Å²) in [4.78, 5) is 14.1. The highest BCUT2D eigenvalue weighted by molar-refractivity contribution is 6.01.